The van der Waals surface area contributed by atoms with E-state index < -0.39 is 0 Å². The van der Waals surface area contributed by atoms with E-state index in [0.29, 0.717) is 22.3 Å². The minimum absolute atomic E-state index is 0.194. The summed E-state index contributed by atoms with van der Waals surface area (Å²) >= 11 is 0. The first-order valence-corrected chi connectivity index (χ1v) is 6.84. The molecule has 0 saturated carbocycles. The summed E-state index contributed by atoms with van der Waals surface area (Å²) in [5, 5.41) is 2.89. The van der Waals surface area contributed by atoms with Gasteiger partial charge in [-0.05, 0) is 24.3 Å². The van der Waals surface area contributed by atoms with Crippen LogP contribution in [-0.2, 0) is 0 Å². The van der Waals surface area contributed by atoms with Crippen LogP contribution in [0.4, 0.5) is 11.4 Å². The zero-order valence-corrected chi connectivity index (χ0v) is 12.3. The van der Waals surface area contributed by atoms with Crippen molar-refractivity contribution in [3.63, 3.8) is 0 Å². The number of amides is 1. The summed E-state index contributed by atoms with van der Waals surface area (Å²) < 4.78 is 0. The zero-order chi connectivity index (χ0) is 15.7. The number of nitrogens with zero attached hydrogens (tertiary/aromatic N) is 1. The van der Waals surface area contributed by atoms with Crippen molar-refractivity contribution < 1.29 is 4.79 Å². The van der Waals surface area contributed by atoms with Crippen LogP contribution in [0.2, 0.25) is 0 Å². The summed E-state index contributed by atoms with van der Waals surface area (Å²) in [6.45, 7) is 0. The van der Waals surface area contributed by atoms with E-state index in [1.807, 2.05) is 43.3 Å². The first kappa shape index (κ1) is 13.9. The maximum Gasteiger partial charge on any atom is 0.323 e. The van der Waals surface area contributed by atoms with Gasteiger partial charge in [0.2, 0.25) is 0 Å². The van der Waals surface area contributed by atoms with Gasteiger partial charge in [-0.2, -0.15) is 0 Å². The second-order valence-corrected chi connectivity index (χ2v) is 5.21. The number of nitrogens with one attached hydrogen (secondary N) is 3. The van der Waals surface area contributed by atoms with Gasteiger partial charge in [0.15, 0.2) is 0 Å². The van der Waals surface area contributed by atoms with Crippen LogP contribution in [0, 0.1) is 0 Å². The first-order chi connectivity index (χ1) is 10.5. The fourth-order valence-electron chi connectivity index (χ4n) is 2.33. The fourth-order valence-corrected chi connectivity index (χ4v) is 2.33. The number of carbonyl (C=O) groups is 1. The van der Waals surface area contributed by atoms with Gasteiger partial charge in [-0.1, -0.05) is 18.2 Å². The molecule has 3 N–H and O–H groups in total. The summed E-state index contributed by atoms with van der Waals surface area (Å²) in [7, 11) is 3.76. The number of fused-ring (bicyclic) bond motifs is 1. The van der Waals surface area contributed by atoms with E-state index in [1.54, 1.807) is 18.2 Å². The minimum Gasteiger partial charge on any atom is -0.376 e. The van der Waals surface area contributed by atoms with Crippen molar-refractivity contribution in [1.29, 1.82) is 0 Å². The molecule has 22 heavy (non-hydrogen) atoms. The summed E-state index contributed by atoms with van der Waals surface area (Å²) in [5.74, 6) is -0.194. The molecule has 0 aliphatic carbocycles. The van der Waals surface area contributed by atoms with Gasteiger partial charge in [-0.25, -0.2) is 4.79 Å². The monoisotopic (exact) mass is 296 g/mol. The topological polar surface area (TPSA) is 81.0 Å². The molecule has 6 heteroatoms. The molecule has 0 bridgehead atoms. The Labute approximate surface area is 126 Å². The normalized spacial score (nSPS) is 10.6. The van der Waals surface area contributed by atoms with Crippen LogP contribution in [0.1, 0.15) is 10.4 Å². The van der Waals surface area contributed by atoms with Crippen LogP contribution in [0.25, 0.3) is 11.0 Å². The van der Waals surface area contributed by atoms with Crippen molar-refractivity contribution in [2.45, 2.75) is 0 Å². The Morgan fingerprint density at radius 2 is 1.68 bits per heavy atom. The molecule has 0 aliphatic heterocycles. The van der Waals surface area contributed by atoms with Crippen LogP contribution >= 0.6 is 0 Å². The lowest BCUT2D eigenvalue weighted by Gasteiger charge is -2.18. The molecule has 0 saturated heterocycles. The number of hydrogen-bond acceptors (Lipinski definition) is 3. The van der Waals surface area contributed by atoms with Crippen LogP contribution in [0.3, 0.4) is 0 Å². The van der Waals surface area contributed by atoms with Gasteiger partial charge >= 0.3 is 5.69 Å². The molecule has 0 fully saturated rings. The minimum atomic E-state index is -0.272. The van der Waals surface area contributed by atoms with Gasteiger partial charge in [-0.15, -0.1) is 0 Å². The van der Waals surface area contributed by atoms with Crippen molar-refractivity contribution in [2.24, 2.45) is 0 Å². The first-order valence-electron chi connectivity index (χ1n) is 6.84. The van der Waals surface area contributed by atoms with Gasteiger partial charge in [0, 0.05) is 19.7 Å². The molecule has 0 atom stereocenters. The van der Waals surface area contributed by atoms with Gasteiger partial charge in [0.05, 0.1) is 22.4 Å². The molecule has 112 valence electrons. The molecule has 0 unspecified atom stereocenters. The second-order valence-electron chi connectivity index (χ2n) is 5.21. The van der Waals surface area contributed by atoms with E-state index in [9.17, 15) is 9.59 Å². The van der Waals surface area contributed by atoms with E-state index in [4.69, 9.17) is 0 Å². The predicted octanol–water partition coefficient (Wildman–Crippen LogP) is 2.17. The molecule has 2 aromatic carbocycles. The van der Waals surface area contributed by atoms with E-state index in [2.05, 4.69) is 15.3 Å². The highest BCUT2D eigenvalue weighted by Crippen LogP contribution is 2.28. The number of imidazole rings is 1. The highest BCUT2D eigenvalue weighted by molar-refractivity contribution is 6.07. The molecule has 1 aromatic heterocycles. The second kappa shape index (κ2) is 5.40. The summed E-state index contributed by atoms with van der Waals surface area (Å²) in [5.41, 5.74) is 3.11. The van der Waals surface area contributed by atoms with Gasteiger partial charge in [0.1, 0.15) is 0 Å². The van der Waals surface area contributed by atoms with E-state index in [0.717, 1.165) is 5.69 Å². The molecule has 3 aromatic rings. The maximum absolute atomic E-state index is 12.3. The molecule has 0 radical (unpaired) electrons. The molecule has 3 rings (SSSR count). The molecular formula is C16H16N4O2. The molecule has 1 amide bonds. The summed E-state index contributed by atoms with van der Waals surface area (Å²) in [6.07, 6.45) is 0. The number of aromatic nitrogens is 2. The Morgan fingerprint density at radius 3 is 2.32 bits per heavy atom. The van der Waals surface area contributed by atoms with Crippen LogP contribution in [-0.4, -0.2) is 30.0 Å². The number of H-pyrrole nitrogens is 2. The predicted molar refractivity (Wildman–Crippen MR) is 87.6 cm³/mol. The Bertz CT molecular complexity index is 878. The van der Waals surface area contributed by atoms with Crippen LogP contribution < -0.4 is 15.9 Å². The number of aromatic amines is 2. The number of benzene rings is 2. The van der Waals surface area contributed by atoms with Gasteiger partial charge < -0.3 is 20.2 Å². The highest BCUT2D eigenvalue weighted by atomic mass is 16.2. The third-order valence-electron chi connectivity index (χ3n) is 3.40. The van der Waals surface area contributed by atoms with Crippen molar-refractivity contribution in [2.75, 3.05) is 24.3 Å². The lowest BCUT2D eigenvalue weighted by atomic mass is 10.2. The fraction of sp³-hybridized carbons (Fsp3) is 0.125. The van der Waals surface area contributed by atoms with Crippen LogP contribution in [0.5, 0.6) is 0 Å². The molecule has 6 nitrogen and oxygen atoms in total. The molecule has 1 heterocycles. The molecule has 0 aliphatic rings. The third kappa shape index (κ3) is 2.58. The van der Waals surface area contributed by atoms with E-state index >= 15 is 0 Å². The number of rotatable bonds is 3. The smallest absolute Gasteiger partial charge is 0.323 e. The largest absolute Gasteiger partial charge is 0.376 e. The van der Waals surface area contributed by atoms with Crippen molar-refractivity contribution >= 4 is 28.3 Å². The lowest BCUT2D eigenvalue weighted by molar-refractivity contribution is 0.102. The SMILES string of the molecule is CN(C)c1cc2[nH]c(=O)[nH]c2cc1NC(=O)c1ccccc1. The average molecular weight is 296 g/mol. The quantitative estimate of drug-likeness (QED) is 0.693. The Kier molecular flexibility index (Phi) is 3.42. The highest BCUT2D eigenvalue weighted by Gasteiger charge is 2.12. The molecular weight excluding hydrogens is 280 g/mol. The third-order valence-corrected chi connectivity index (χ3v) is 3.40. The zero-order valence-electron chi connectivity index (χ0n) is 12.3. The van der Waals surface area contributed by atoms with Crippen molar-refractivity contribution in [3.05, 3.63) is 58.5 Å². The lowest BCUT2D eigenvalue weighted by Crippen LogP contribution is -2.16. The standard InChI is InChI=1S/C16H16N4O2/c1-20(2)14-9-12-11(18-16(22)19-12)8-13(14)17-15(21)10-6-4-3-5-7-10/h3-9H,1-2H3,(H,17,21)(H2,18,19,22). The van der Waals surface area contributed by atoms with Crippen molar-refractivity contribution in [1.82, 2.24) is 9.97 Å². The summed E-state index contributed by atoms with van der Waals surface area (Å²) in [4.78, 5) is 31.0. The Hall–Kier alpha value is -3.02. The van der Waals surface area contributed by atoms with E-state index in [-0.39, 0.29) is 11.6 Å². The molecule has 0 spiro atoms. The van der Waals surface area contributed by atoms with Gasteiger partial charge in [-0.3, -0.25) is 4.79 Å². The Balaban J connectivity index is 2.03. The number of anilines is 2. The average Bonchev–Trinajstić information content (AvgIpc) is 2.86. The Morgan fingerprint density at radius 1 is 1.05 bits per heavy atom. The van der Waals surface area contributed by atoms with Gasteiger partial charge in [0.25, 0.3) is 5.91 Å². The number of hydrogen-bond donors (Lipinski definition) is 3. The van der Waals surface area contributed by atoms with Crippen molar-refractivity contribution in [3.8, 4) is 0 Å². The summed E-state index contributed by atoms with van der Waals surface area (Å²) in [6, 6.07) is 12.6. The van der Waals surface area contributed by atoms with Crippen LogP contribution in [0.15, 0.2) is 47.3 Å². The number of carbonyl (C=O) groups excluding carboxylic acids is 1. The maximum atomic E-state index is 12.3. The van der Waals surface area contributed by atoms with E-state index in [1.165, 1.54) is 0 Å².